The monoisotopic (exact) mass is 302 g/mol. The Balaban J connectivity index is 2.15. The zero-order valence-corrected chi connectivity index (χ0v) is 14.4. The lowest BCUT2D eigenvalue weighted by Gasteiger charge is -2.26. The molecular formula is C20H30O2. The maximum atomic E-state index is 11.1. The highest BCUT2D eigenvalue weighted by Crippen LogP contribution is 2.49. The van der Waals surface area contributed by atoms with Gasteiger partial charge in [-0.3, -0.25) is 0 Å². The normalized spacial score (nSPS) is 20.1. The second-order valence-electron chi connectivity index (χ2n) is 7.30. The molecule has 122 valence electrons. The molecule has 1 aromatic rings. The van der Waals surface area contributed by atoms with Gasteiger partial charge in [0.2, 0.25) is 0 Å². The summed E-state index contributed by atoms with van der Waals surface area (Å²) in [6.45, 7) is 5.04. The number of phenols is 1. The molecule has 2 aliphatic carbocycles. The molecule has 0 aliphatic heterocycles. The van der Waals surface area contributed by atoms with Crippen LogP contribution in [0.25, 0.3) is 0 Å². The molecule has 3 rings (SSSR count). The average molecular weight is 302 g/mol. The van der Waals surface area contributed by atoms with Crippen LogP contribution in [0.5, 0.6) is 5.75 Å². The number of ether oxygens (including phenoxy) is 1. The first kappa shape index (κ1) is 15.9. The summed E-state index contributed by atoms with van der Waals surface area (Å²) in [7, 11) is 1.77. The van der Waals surface area contributed by atoms with Crippen molar-refractivity contribution in [2.45, 2.75) is 83.7 Å². The summed E-state index contributed by atoms with van der Waals surface area (Å²) >= 11 is 0. The molecule has 1 aromatic carbocycles. The Morgan fingerprint density at radius 1 is 0.864 bits per heavy atom. The Kier molecular flexibility index (Phi) is 4.77. The van der Waals surface area contributed by atoms with E-state index in [1.807, 2.05) is 0 Å². The van der Waals surface area contributed by atoms with Crippen molar-refractivity contribution in [2.75, 3.05) is 7.11 Å². The van der Waals surface area contributed by atoms with Gasteiger partial charge in [0.25, 0.3) is 0 Å². The highest BCUT2D eigenvalue weighted by molar-refractivity contribution is 5.57. The summed E-state index contributed by atoms with van der Waals surface area (Å²) in [5.41, 5.74) is 6.38. The fourth-order valence-corrected chi connectivity index (χ4v) is 4.90. The van der Waals surface area contributed by atoms with Crippen LogP contribution < -0.4 is 0 Å². The molecule has 2 aliphatic rings. The number of rotatable bonds is 4. The molecule has 0 unspecified atom stereocenters. The van der Waals surface area contributed by atoms with Crippen LogP contribution in [-0.4, -0.2) is 12.2 Å². The quantitative estimate of drug-likeness (QED) is 0.799. The van der Waals surface area contributed by atoms with E-state index >= 15 is 0 Å². The number of phenolic OH excluding ortho intramolecular Hbond substituents is 1. The fraction of sp³-hybridized carbons (Fsp3) is 0.700. The van der Waals surface area contributed by atoms with E-state index in [2.05, 4.69) is 13.8 Å². The SMILES string of the molecule is COCc1c(C)c(C2CCCC2)c(O)c(C2CCCC2)c1C. The Bertz CT molecular complexity index is 492. The maximum absolute atomic E-state index is 11.1. The highest BCUT2D eigenvalue weighted by atomic mass is 16.5. The van der Waals surface area contributed by atoms with E-state index in [1.54, 1.807) is 7.11 Å². The zero-order chi connectivity index (χ0) is 15.7. The summed E-state index contributed by atoms with van der Waals surface area (Å²) in [5, 5.41) is 11.1. The lowest BCUT2D eigenvalue weighted by atomic mass is 9.81. The van der Waals surface area contributed by atoms with Crippen LogP contribution in [0.15, 0.2) is 0 Å². The molecule has 2 nitrogen and oxygen atoms in total. The molecular weight excluding hydrogens is 272 g/mol. The third-order valence-corrected chi connectivity index (χ3v) is 6.04. The predicted octanol–water partition coefficient (Wildman–Crippen LogP) is 5.47. The molecule has 2 fully saturated rings. The highest BCUT2D eigenvalue weighted by Gasteiger charge is 2.30. The van der Waals surface area contributed by atoms with Crippen LogP contribution >= 0.6 is 0 Å². The van der Waals surface area contributed by atoms with Crippen LogP contribution in [0.1, 0.15) is 91.0 Å². The molecule has 1 N–H and O–H groups in total. The van der Waals surface area contributed by atoms with Crippen molar-refractivity contribution < 1.29 is 9.84 Å². The van der Waals surface area contributed by atoms with Gasteiger partial charge in [0, 0.05) is 18.2 Å². The van der Waals surface area contributed by atoms with Gasteiger partial charge < -0.3 is 9.84 Å². The predicted molar refractivity (Wildman–Crippen MR) is 90.7 cm³/mol. The van der Waals surface area contributed by atoms with Crippen LogP contribution in [0.4, 0.5) is 0 Å². The van der Waals surface area contributed by atoms with Crippen LogP contribution in [-0.2, 0) is 11.3 Å². The first-order chi connectivity index (χ1) is 10.6. The van der Waals surface area contributed by atoms with Gasteiger partial charge in [0.1, 0.15) is 5.75 Å². The fourth-order valence-electron chi connectivity index (χ4n) is 4.90. The molecule has 0 atom stereocenters. The van der Waals surface area contributed by atoms with Crippen LogP contribution in [0.3, 0.4) is 0 Å². The molecule has 0 bridgehead atoms. The van der Waals surface area contributed by atoms with Crippen molar-refractivity contribution in [3.8, 4) is 5.75 Å². The lowest BCUT2D eigenvalue weighted by molar-refractivity contribution is 0.183. The van der Waals surface area contributed by atoms with Gasteiger partial charge in [0.05, 0.1) is 6.61 Å². The standard InChI is InChI=1S/C20H30O2/c1-13-17(12-22-3)14(2)19(16-10-6-7-11-16)20(21)18(13)15-8-4-5-9-15/h15-16,21H,4-12H2,1-3H3. The van der Waals surface area contributed by atoms with E-state index in [1.165, 1.54) is 79.2 Å². The molecule has 0 saturated heterocycles. The number of hydrogen-bond acceptors (Lipinski definition) is 2. The zero-order valence-electron chi connectivity index (χ0n) is 14.4. The van der Waals surface area contributed by atoms with Crippen molar-refractivity contribution in [3.63, 3.8) is 0 Å². The summed E-state index contributed by atoms with van der Waals surface area (Å²) in [6, 6.07) is 0. The third kappa shape index (κ3) is 2.67. The van der Waals surface area contributed by atoms with Gasteiger partial charge in [-0.1, -0.05) is 25.7 Å². The summed E-state index contributed by atoms with van der Waals surface area (Å²) < 4.78 is 5.48. The molecule has 0 amide bonds. The van der Waals surface area contributed by atoms with Crippen molar-refractivity contribution in [1.29, 1.82) is 0 Å². The van der Waals surface area contributed by atoms with Crippen LogP contribution in [0.2, 0.25) is 0 Å². The Morgan fingerprint density at radius 2 is 1.27 bits per heavy atom. The summed E-state index contributed by atoms with van der Waals surface area (Å²) in [6.07, 6.45) is 10.1. The van der Waals surface area contributed by atoms with Crippen molar-refractivity contribution in [2.24, 2.45) is 0 Å². The Morgan fingerprint density at radius 3 is 1.64 bits per heavy atom. The first-order valence-corrected chi connectivity index (χ1v) is 8.98. The first-order valence-electron chi connectivity index (χ1n) is 8.98. The minimum atomic E-state index is 0.552. The molecule has 2 saturated carbocycles. The number of hydrogen-bond donors (Lipinski definition) is 1. The minimum Gasteiger partial charge on any atom is -0.507 e. The van der Waals surface area contributed by atoms with Gasteiger partial charge in [-0.15, -0.1) is 0 Å². The van der Waals surface area contributed by atoms with E-state index in [-0.39, 0.29) is 0 Å². The Hall–Kier alpha value is -1.02. The number of benzene rings is 1. The summed E-state index contributed by atoms with van der Waals surface area (Å²) in [4.78, 5) is 0. The van der Waals surface area contributed by atoms with Gasteiger partial charge >= 0.3 is 0 Å². The maximum Gasteiger partial charge on any atom is 0.123 e. The molecule has 2 heteroatoms. The third-order valence-electron chi connectivity index (χ3n) is 6.04. The van der Waals surface area contributed by atoms with Crippen molar-refractivity contribution in [1.82, 2.24) is 0 Å². The average Bonchev–Trinajstić information content (AvgIpc) is 3.17. The van der Waals surface area contributed by atoms with E-state index < -0.39 is 0 Å². The van der Waals surface area contributed by atoms with E-state index in [9.17, 15) is 5.11 Å². The number of aromatic hydroxyl groups is 1. The largest absolute Gasteiger partial charge is 0.507 e. The van der Waals surface area contributed by atoms with E-state index in [0.29, 0.717) is 24.2 Å². The molecule has 0 spiro atoms. The van der Waals surface area contributed by atoms with Crippen molar-refractivity contribution in [3.05, 3.63) is 27.8 Å². The second-order valence-corrected chi connectivity index (χ2v) is 7.30. The lowest BCUT2D eigenvalue weighted by Crippen LogP contribution is -2.10. The van der Waals surface area contributed by atoms with Crippen LogP contribution in [0, 0.1) is 13.8 Å². The Labute approximate surface area is 134 Å². The van der Waals surface area contributed by atoms with Crippen molar-refractivity contribution >= 4 is 0 Å². The van der Waals surface area contributed by atoms with E-state index in [0.717, 1.165) is 0 Å². The molecule has 0 radical (unpaired) electrons. The summed E-state index contributed by atoms with van der Waals surface area (Å²) in [5.74, 6) is 1.74. The van der Waals surface area contributed by atoms with Gasteiger partial charge in [0.15, 0.2) is 0 Å². The number of methoxy groups -OCH3 is 1. The second kappa shape index (κ2) is 6.62. The van der Waals surface area contributed by atoms with Gasteiger partial charge in [-0.05, 0) is 68.1 Å². The van der Waals surface area contributed by atoms with Gasteiger partial charge in [-0.25, -0.2) is 0 Å². The molecule has 22 heavy (non-hydrogen) atoms. The minimum absolute atomic E-state index is 0.552. The van der Waals surface area contributed by atoms with E-state index in [4.69, 9.17) is 4.74 Å². The molecule has 0 aromatic heterocycles. The topological polar surface area (TPSA) is 29.5 Å². The van der Waals surface area contributed by atoms with Gasteiger partial charge in [-0.2, -0.15) is 0 Å². The smallest absolute Gasteiger partial charge is 0.123 e. The molecule has 0 heterocycles.